The van der Waals surface area contributed by atoms with Gasteiger partial charge < -0.3 is 10.6 Å². The third kappa shape index (κ3) is 3.55. The number of carbonyl (C=O) groups excluding carboxylic acids is 2. The number of rotatable bonds is 5. The SMILES string of the molecule is CC1(C)C(=O)Nc2ccc(CCNC(=O)Cc3ccccc3F)cc21. The van der Waals surface area contributed by atoms with Crippen LogP contribution in [0.3, 0.4) is 0 Å². The average molecular weight is 340 g/mol. The topological polar surface area (TPSA) is 58.2 Å². The fourth-order valence-electron chi connectivity index (χ4n) is 3.00. The molecule has 130 valence electrons. The van der Waals surface area contributed by atoms with E-state index in [0.29, 0.717) is 18.5 Å². The van der Waals surface area contributed by atoms with Crippen LogP contribution in [0.1, 0.15) is 30.5 Å². The highest BCUT2D eigenvalue weighted by molar-refractivity contribution is 6.05. The second-order valence-corrected chi connectivity index (χ2v) is 6.83. The molecule has 1 aliphatic rings. The Bertz CT molecular complexity index is 830. The smallest absolute Gasteiger partial charge is 0.234 e. The van der Waals surface area contributed by atoms with E-state index in [1.165, 1.54) is 6.07 Å². The summed E-state index contributed by atoms with van der Waals surface area (Å²) in [6.07, 6.45) is 0.683. The molecule has 0 radical (unpaired) electrons. The van der Waals surface area contributed by atoms with Crippen molar-refractivity contribution in [1.82, 2.24) is 5.32 Å². The van der Waals surface area contributed by atoms with Gasteiger partial charge in [0.05, 0.1) is 11.8 Å². The lowest BCUT2D eigenvalue weighted by Crippen LogP contribution is -2.28. The number of fused-ring (bicyclic) bond motifs is 1. The lowest BCUT2D eigenvalue weighted by molar-refractivity contribution is -0.120. The van der Waals surface area contributed by atoms with Crippen molar-refractivity contribution < 1.29 is 14.0 Å². The molecule has 4 nitrogen and oxygen atoms in total. The third-order valence-corrected chi connectivity index (χ3v) is 4.62. The van der Waals surface area contributed by atoms with Gasteiger partial charge in [-0.25, -0.2) is 4.39 Å². The van der Waals surface area contributed by atoms with Crippen molar-refractivity contribution in [2.75, 3.05) is 11.9 Å². The Hall–Kier alpha value is -2.69. The van der Waals surface area contributed by atoms with Crippen molar-refractivity contribution in [1.29, 1.82) is 0 Å². The van der Waals surface area contributed by atoms with E-state index in [2.05, 4.69) is 10.6 Å². The molecule has 2 amide bonds. The number of anilines is 1. The van der Waals surface area contributed by atoms with E-state index in [0.717, 1.165) is 16.8 Å². The van der Waals surface area contributed by atoms with E-state index < -0.39 is 5.41 Å². The van der Waals surface area contributed by atoms with Crippen LogP contribution in [-0.4, -0.2) is 18.4 Å². The summed E-state index contributed by atoms with van der Waals surface area (Å²) >= 11 is 0. The highest BCUT2D eigenvalue weighted by Crippen LogP contribution is 2.37. The third-order valence-electron chi connectivity index (χ3n) is 4.62. The number of halogens is 1. The first kappa shape index (κ1) is 17.1. The fraction of sp³-hybridized carbons (Fsp3) is 0.300. The molecule has 0 aromatic heterocycles. The van der Waals surface area contributed by atoms with Gasteiger partial charge in [-0.05, 0) is 49.1 Å². The van der Waals surface area contributed by atoms with Crippen molar-refractivity contribution >= 4 is 17.5 Å². The zero-order chi connectivity index (χ0) is 18.0. The molecule has 2 aromatic rings. The predicted molar refractivity (Wildman–Crippen MR) is 94.9 cm³/mol. The zero-order valence-corrected chi connectivity index (χ0v) is 14.4. The van der Waals surface area contributed by atoms with E-state index in [1.54, 1.807) is 18.2 Å². The molecule has 2 aromatic carbocycles. The summed E-state index contributed by atoms with van der Waals surface area (Å²) in [5.74, 6) is -0.572. The maximum Gasteiger partial charge on any atom is 0.234 e. The molecule has 0 saturated heterocycles. The van der Waals surface area contributed by atoms with Crippen LogP contribution >= 0.6 is 0 Å². The molecular weight excluding hydrogens is 319 g/mol. The maximum atomic E-state index is 13.6. The van der Waals surface area contributed by atoms with E-state index >= 15 is 0 Å². The van der Waals surface area contributed by atoms with Gasteiger partial charge in [-0.3, -0.25) is 9.59 Å². The largest absolute Gasteiger partial charge is 0.355 e. The summed E-state index contributed by atoms with van der Waals surface area (Å²) in [5.41, 5.74) is 2.73. The highest BCUT2D eigenvalue weighted by atomic mass is 19.1. The fourth-order valence-corrected chi connectivity index (χ4v) is 3.00. The molecule has 0 unspecified atom stereocenters. The summed E-state index contributed by atoms with van der Waals surface area (Å²) in [7, 11) is 0. The molecule has 1 aliphatic heterocycles. The van der Waals surface area contributed by atoms with E-state index in [1.807, 2.05) is 32.0 Å². The van der Waals surface area contributed by atoms with Crippen molar-refractivity contribution in [2.24, 2.45) is 0 Å². The first-order valence-corrected chi connectivity index (χ1v) is 8.33. The molecule has 0 spiro atoms. The van der Waals surface area contributed by atoms with Gasteiger partial charge in [0.15, 0.2) is 0 Å². The van der Waals surface area contributed by atoms with Crippen LogP contribution in [0, 0.1) is 5.82 Å². The van der Waals surface area contributed by atoms with Crippen molar-refractivity contribution in [2.45, 2.75) is 32.1 Å². The minimum atomic E-state index is -0.542. The Morgan fingerprint density at radius 3 is 2.72 bits per heavy atom. The summed E-state index contributed by atoms with van der Waals surface area (Å²) in [4.78, 5) is 23.9. The Balaban J connectivity index is 1.57. The van der Waals surface area contributed by atoms with E-state index in [-0.39, 0.29) is 24.1 Å². The van der Waals surface area contributed by atoms with Gasteiger partial charge in [-0.2, -0.15) is 0 Å². The van der Waals surface area contributed by atoms with Gasteiger partial charge in [0.1, 0.15) is 5.82 Å². The van der Waals surface area contributed by atoms with Crippen molar-refractivity contribution in [3.05, 3.63) is 65.0 Å². The second kappa shape index (κ2) is 6.67. The zero-order valence-electron chi connectivity index (χ0n) is 14.4. The second-order valence-electron chi connectivity index (χ2n) is 6.83. The summed E-state index contributed by atoms with van der Waals surface area (Å²) < 4.78 is 13.6. The Morgan fingerprint density at radius 2 is 1.96 bits per heavy atom. The maximum absolute atomic E-state index is 13.6. The van der Waals surface area contributed by atoms with Crippen LogP contribution in [0.25, 0.3) is 0 Å². The monoisotopic (exact) mass is 340 g/mol. The minimum absolute atomic E-state index is 0.00200. The number of hydrogen-bond acceptors (Lipinski definition) is 2. The highest BCUT2D eigenvalue weighted by Gasteiger charge is 2.38. The summed E-state index contributed by atoms with van der Waals surface area (Å²) in [6, 6.07) is 12.1. The van der Waals surface area contributed by atoms with Crippen LogP contribution in [0.15, 0.2) is 42.5 Å². The molecule has 0 atom stereocenters. The van der Waals surface area contributed by atoms with Crippen LogP contribution in [-0.2, 0) is 27.8 Å². The molecule has 25 heavy (non-hydrogen) atoms. The number of amides is 2. The molecule has 0 saturated carbocycles. The lowest BCUT2D eigenvalue weighted by atomic mass is 9.85. The Kier molecular flexibility index (Phi) is 4.57. The van der Waals surface area contributed by atoms with Crippen LogP contribution < -0.4 is 10.6 Å². The minimum Gasteiger partial charge on any atom is -0.355 e. The van der Waals surface area contributed by atoms with Gasteiger partial charge >= 0.3 is 0 Å². The Morgan fingerprint density at radius 1 is 1.20 bits per heavy atom. The van der Waals surface area contributed by atoms with Crippen LogP contribution in [0.4, 0.5) is 10.1 Å². The number of carbonyl (C=O) groups is 2. The van der Waals surface area contributed by atoms with Gasteiger partial charge in [-0.15, -0.1) is 0 Å². The average Bonchev–Trinajstić information content (AvgIpc) is 2.79. The van der Waals surface area contributed by atoms with Gasteiger partial charge in [0.2, 0.25) is 11.8 Å². The molecule has 0 fully saturated rings. The van der Waals surface area contributed by atoms with Gasteiger partial charge in [0, 0.05) is 12.2 Å². The molecule has 1 heterocycles. The number of nitrogens with one attached hydrogen (secondary N) is 2. The first-order valence-electron chi connectivity index (χ1n) is 8.33. The quantitative estimate of drug-likeness (QED) is 0.879. The molecular formula is C20H21FN2O2. The van der Waals surface area contributed by atoms with Crippen molar-refractivity contribution in [3.8, 4) is 0 Å². The Labute approximate surface area is 146 Å². The molecule has 0 bridgehead atoms. The number of benzene rings is 2. The van der Waals surface area contributed by atoms with Crippen LogP contribution in [0.5, 0.6) is 0 Å². The standard InChI is InChI=1S/C20H21FN2O2/c1-20(2)15-11-13(7-8-17(15)23-19(20)25)9-10-22-18(24)12-14-5-3-4-6-16(14)21/h3-8,11H,9-10,12H2,1-2H3,(H,22,24)(H,23,25). The molecule has 3 rings (SSSR count). The molecule has 5 heteroatoms. The normalized spacial score (nSPS) is 14.8. The lowest BCUT2D eigenvalue weighted by Gasteiger charge is -2.16. The first-order chi connectivity index (χ1) is 11.9. The molecule has 2 N–H and O–H groups in total. The predicted octanol–water partition coefficient (Wildman–Crippen LogP) is 2.96. The van der Waals surface area contributed by atoms with Gasteiger partial charge in [-0.1, -0.05) is 30.3 Å². The van der Waals surface area contributed by atoms with Crippen LogP contribution in [0.2, 0.25) is 0 Å². The number of hydrogen-bond donors (Lipinski definition) is 2. The summed E-state index contributed by atoms with van der Waals surface area (Å²) in [6.45, 7) is 4.26. The van der Waals surface area contributed by atoms with Gasteiger partial charge in [0.25, 0.3) is 0 Å². The van der Waals surface area contributed by atoms with E-state index in [9.17, 15) is 14.0 Å². The molecule has 0 aliphatic carbocycles. The van der Waals surface area contributed by atoms with E-state index in [4.69, 9.17) is 0 Å². The summed E-state index contributed by atoms with van der Waals surface area (Å²) in [5, 5.41) is 5.69. The van der Waals surface area contributed by atoms with Crippen molar-refractivity contribution in [3.63, 3.8) is 0 Å².